The van der Waals surface area contributed by atoms with Crippen molar-refractivity contribution in [2.45, 2.75) is 132 Å². The van der Waals surface area contributed by atoms with Crippen LogP contribution in [0.25, 0.3) is 0 Å². The maximum Gasteiger partial charge on any atom is 0.339 e. The van der Waals surface area contributed by atoms with E-state index in [1.165, 1.54) is 95.4 Å². The second kappa shape index (κ2) is 36.5. The Morgan fingerprint density at radius 2 is 0.538 bits per heavy atom. The van der Waals surface area contributed by atoms with Gasteiger partial charge in [0, 0.05) is 50.9 Å². The molecular formula is C79H104N4O8. The monoisotopic (exact) mass is 1240 g/mol. The number of carbonyl (C=O) groups is 4. The molecule has 0 saturated heterocycles. The molecule has 0 aliphatic rings. The van der Waals surface area contributed by atoms with Crippen LogP contribution in [0.3, 0.4) is 0 Å². The average molecular weight is 1240 g/mol. The van der Waals surface area contributed by atoms with Gasteiger partial charge in [-0.05, 0) is 251 Å². The fourth-order valence-electron chi connectivity index (χ4n) is 10.4. The fourth-order valence-corrected chi connectivity index (χ4v) is 10.4. The fraction of sp³-hybridized carbons (Fsp3) is 0.342. The number of nitrogens with zero attached hydrogens (tertiary/aromatic N) is 2. The molecule has 0 spiro atoms. The summed E-state index contributed by atoms with van der Waals surface area (Å²) in [5.41, 5.74) is 30.2. The molecule has 0 unspecified atom stereocenters. The number of hydrogen-bond donors (Lipinski definition) is 2. The smallest absolute Gasteiger partial charge is 0.339 e. The molecule has 0 atom stereocenters. The highest BCUT2D eigenvalue weighted by atomic mass is 16.5. The van der Waals surface area contributed by atoms with E-state index in [0.29, 0.717) is 22.3 Å². The summed E-state index contributed by atoms with van der Waals surface area (Å²) in [6.07, 6.45) is 0. The van der Waals surface area contributed by atoms with Crippen LogP contribution in [0.1, 0.15) is 149 Å². The Morgan fingerprint density at radius 1 is 0.297 bits per heavy atom. The van der Waals surface area contributed by atoms with Crippen molar-refractivity contribution in [3.8, 4) is 0 Å². The second-order valence-electron chi connectivity index (χ2n) is 23.0. The van der Waals surface area contributed by atoms with E-state index in [1.54, 1.807) is 0 Å². The number of esters is 4. The molecule has 8 aromatic rings. The summed E-state index contributed by atoms with van der Waals surface area (Å²) < 4.78 is 19.2. The van der Waals surface area contributed by atoms with E-state index in [1.807, 2.05) is 132 Å². The number of ether oxygens (including phenoxy) is 4. The number of aryl methyl sites for hydroxylation is 12. The lowest BCUT2D eigenvalue weighted by Gasteiger charge is -2.26. The van der Waals surface area contributed by atoms with Crippen LogP contribution in [0.15, 0.2) is 121 Å². The SMILES string of the molecule is C.CNc1ccc(C)cc1C.CNc1ccc(C)cc1C.COC(=O)c1ccc(C)c(C)c1C.COC(=O)c1ccc(C)c(C)c1C.COC(=O)c1ccc(C)c(C)c1N(C)c1ccc(C)cc1C.COC(=O)c1ccc(C)c(C)c1N(C)c1ccc(C)cc1C. The van der Waals surface area contributed by atoms with E-state index >= 15 is 0 Å². The van der Waals surface area contributed by atoms with E-state index in [2.05, 4.69) is 172 Å². The molecule has 8 aromatic carbocycles. The summed E-state index contributed by atoms with van der Waals surface area (Å²) in [4.78, 5) is 50.9. The first-order valence-electron chi connectivity index (χ1n) is 30.1. The van der Waals surface area contributed by atoms with Crippen LogP contribution in [0.5, 0.6) is 0 Å². The number of anilines is 6. The Balaban J connectivity index is 0.000000382. The Bertz CT molecular complexity index is 3560. The van der Waals surface area contributed by atoms with Gasteiger partial charge in [0.05, 0.1) is 62.1 Å². The van der Waals surface area contributed by atoms with Crippen LogP contribution in [-0.2, 0) is 18.9 Å². The lowest BCUT2D eigenvalue weighted by atomic mass is 9.99. The minimum absolute atomic E-state index is 0. The van der Waals surface area contributed by atoms with Crippen LogP contribution in [0.4, 0.5) is 34.1 Å². The van der Waals surface area contributed by atoms with Crippen LogP contribution >= 0.6 is 0 Å². The van der Waals surface area contributed by atoms with Crippen molar-refractivity contribution in [1.29, 1.82) is 0 Å². The maximum atomic E-state index is 12.1. The molecule has 0 heterocycles. The number of carbonyl (C=O) groups excluding carboxylic acids is 4. The summed E-state index contributed by atoms with van der Waals surface area (Å²) in [5.74, 6) is -1.15. The lowest BCUT2D eigenvalue weighted by molar-refractivity contribution is 0.0591. The quantitative estimate of drug-likeness (QED) is 0.0997. The maximum absolute atomic E-state index is 12.1. The van der Waals surface area contributed by atoms with Gasteiger partial charge in [0.1, 0.15) is 0 Å². The van der Waals surface area contributed by atoms with Crippen LogP contribution in [0.2, 0.25) is 0 Å². The van der Waals surface area contributed by atoms with Gasteiger partial charge < -0.3 is 39.4 Å². The number of methoxy groups -OCH3 is 4. The molecule has 488 valence electrons. The molecule has 2 N–H and O–H groups in total. The first-order chi connectivity index (χ1) is 42.3. The van der Waals surface area contributed by atoms with Crippen molar-refractivity contribution in [2.75, 3.05) is 77.1 Å². The van der Waals surface area contributed by atoms with Gasteiger partial charge in [-0.2, -0.15) is 0 Å². The molecule has 0 bridgehead atoms. The van der Waals surface area contributed by atoms with Crippen molar-refractivity contribution in [3.05, 3.63) is 244 Å². The standard InChI is InChI=1S/2C19H23NO2.2C11H14O2.2C9H13N.CH4/c2*1-12-7-10-17(14(3)11-12)20(5)18-15(4)13(2)8-9-16(18)19(21)22-6;2*1-7-5-6-10(11(12)13-4)9(3)8(7)2;2*1-7-4-5-9(10-3)8(2)6-7;/h2*7-11H,1-6H3;2*5-6H,1-4H3;2*4-6,10H,1-3H3;1H4. The first-order valence-corrected chi connectivity index (χ1v) is 30.1. The Kier molecular flexibility index (Phi) is 31.2. The molecular weight excluding hydrogens is 1130 g/mol. The molecule has 0 aliphatic heterocycles. The van der Waals surface area contributed by atoms with Gasteiger partial charge in [-0.1, -0.05) is 102 Å². The number of benzene rings is 8. The van der Waals surface area contributed by atoms with Gasteiger partial charge in [0.25, 0.3) is 0 Å². The van der Waals surface area contributed by atoms with Crippen LogP contribution in [0, 0.1) is 125 Å². The summed E-state index contributed by atoms with van der Waals surface area (Å²) in [5, 5.41) is 6.24. The molecule has 12 heteroatoms. The summed E-state index contributed by atoms with van der Waals surface area (Å²) >= 11 is 0. The Morgan fingerprint density at radius 3 is 0.791 bits per heavy atom. The van der Waals surface area contributed by atoms with E-state index in [9.17, 15) is 19.2 Å². The second-order valence-corrected chi connectivity index (χ2v) is 23.0. The van der Waals surface area contributed by atoms with Gasteiger partial charge in [0.2, 0.25) is 0 Å². The molecule has 0 aliphatic carbocycles. The van der Waals surface area contributed by atoms with Gasteiger partial charge in [-0.25, -0.2) is 19.2 Å². The lowest BCUT2D eigenvalue weighted by Crippen LogP contribution is -2.18. The predicted octanol–water partition coefficient (Wildman–Crippen LogP) is 19.1. The highest BCUT2D eigenvalue weighted by Crippen LogP contribution is 2.36. The zero-order valence-electron chi connectivity index (χ0n) is 58.7. The minimum atomic E-state index is -0.310. The zero-order chi connectivity index (χ0) is 68.0. The summed E-state index contributed by atoms with van der Waals surface area (Å²) in [7, 11) is 13.5. The third-order valence-corrected chi connectivity index (χ3v) is 16.5. The number of hydrogen-bond acceptors (Lipinski definition) is 12. The highest BCUT2D eigenvalue weighted by molar-refractivity contribution is 5.99. The highest BCUT2D eigenvalue weighted by Gasteiger charge is 2.22. The van der Waals surface area contributed by atoms with E-state index in [4.69, 9.17) is 9.47 Å². The van der Waals surface area contributed by atoms with Crippen molar-refractivity contribution in [3.63, 3.8) is 0 Å². The zero-order valence-corrected chi connectivity index (χ0v) is 58.7. The average Bonchev–Trinajstić information content (AvgIpc) is 1.10. The molecule has 0 fully saturated rings. The van der Waals surface area contributed by atoms with E-state index < -0.39 is 0 Å². The van der Waals surface area contributed by atoms with Crippen molar-refractivity contribution < 1.29 is 38.1 Å². The largest absolute Gasteiger partial charge is 0.465 e. The minimum Gasteiger partial charge on any atom is -0.465 e. The van der Waals surface area contributed by atoms with Gasteiger partial charge in [-0.15, -0.1) is 0 Å². The summed E-state index contributed by atoms with van der Waals surface area (Å²) in [6, 6.07) is 40.5. The predicted molar refractivity (Wildman–Crippen MR) is 384 cm³/mol. The molecule has 0 saturated carbocycles. The Hall–Kier alpha value is -9.16. The van der Waals surface area contributed by atoms with Gasteiger partial charge >= 0.3 is 23.9 Å². The van der Waals surface area contributed by atoms with Crippen molar-refractivity contribution >= 4 is 58.0 Å². The van der Waals surface area contributed by atoms with Crippen LogP contribution < -0.4 is 20.4 Å². The molecule has 8 rings (SSSR count). The van der Waals surface area contributed by atoms with E-state index in [-0.39, 0.29) is 31.3 Å². The molecule has 0 aromatic heterocycles. The van der Waals surface area contributed by atoms with Gasteiger partial charge in [0.15, 0.2) is 0 Å². The first kappa shape index (κ1) is 77.9. The molecule has 0 amide bonds. The summed E-state index contributed by atoms with van der Waals surface area (Å²) in [6.45, 7) is 36.9. The van der Waals surface area contributed by atoms with Crippen molar-refractivity contribution in [1.82, 2.24) is 0 Å². The molecule has 0 radical (unpaired) electrons. The van der Waals surface area contributed by atoms with Crippen molar-refractivity contribution in [2.24, 2.45) is 0 Å². The Labute approximate surface area is 546 Å². The van der Waals surface area contributed by atoms with Gasteiger partial charge in [-0.3, -0.25) is 0 Å². The number of rotatable bonds is 10. The molecule has 12 nitrogen and oxygen atoms in total. The topological polar surface area (TPSA) is 136 Å². The normalized spacial score (nSPS) is 9.96. The third-order valence-electron chi connectivity index (χ3n) is 16.5. The van der Waals surface area contributed by atoms with Crippen LogP contribution in [-0.4, -0.2) is 80.5 Å². The molecule has 91 heavy (non-hydrogen) atoms. The number of nitrogens with one attached hydrogen (secondary N) is 2. The third kappa shape index (κ3) is 21.0. The van der Waals surface area contributed by atoms with E-state index in [0.717, 1.165) is 67.3 Å².